The van der Waals surface area contributed by atoms with Gasteiger partial charge in [0.15, 0.2) is 0 Å². The van der Waals surface area contributed by atoms with Crippen LogP contribution in [0, 0.1) is 5.82 Å². The number of fused-ring (bicyclic) bond motifs is 1. The van der Waals surface area contributed by atoms with Gasteiger partial charge in [-0.3, -0.25) is 4.68 Å². The maximum absolute atomic E-state index is 13.3. The second-order valence-corrected chi connectivity index (χ2v) is 5.95. The van der Waals surface area contributed by atoms with Crippen molar-refractivity contribution in [2.24, 2.45) is 0 Å². The van der Waals surface area contributed by atoms with E-state index in [9.17, 15) is 9.50 Å². The van der Waals surface area contributed by atoms with Gasteiger partial charge in [0.1, 0.15) is 11.4 Å². The minimum Gasteiger partial charge on any atom is -0.379 e. The standard InChI is InChI=1S/C15H16ClFN2O/c1-9(2)19-14(13(16)8-18-19)15(20)6-5-10-7-11(17)3-4-12(10)15/h3-4,7-9,20H,5-6H2,1-2H3. The number of hydrogen-bond donors (Lipinski definition) is 1. The number of hydrogen-bond acceptors (Lipinski definition) is 2. The third-order valence-electron chi connectivity index (χ3n) is 3.90. The van der Waals surface area contributed by atoms with E-state index in [-0.39, 0.29) is 11.9 Å². The van der Waals surface area contributed by atoms with Crippen LogP contribution in [0.25, 0.3) is 0 Å². The second-order valence-electron chi connectivity index (χ2n) is 5.54. The van der Waals surface area contributed by atoms with Gasteiger partial charge in [-0.05, 0) is 49.9 Å². The maximum atomic E-state index is 13.3. The van der Waals surface area contributed by atoms with Gasteiger partial charge in [0.05, 0.1) is 16.9 Å². The summed E-state index contributed by atoms with van der Waals surface area (Å²) in [4.78, 5) is 0. The predicted octanol–water partition coefficient (Wildman–Crippen LogP) is 3.44. The number of aromatic nitrogens is 2. The first kappa shape index (κ1) is 13.6. The zero-order valence-corrected chi connectivity index (χ0v) is 12.2. The molecule has 3 rings (SSSR count). The van der Waals surface area contributed by atoms with Crippen LogP contribution < -0.4 is 0 Å². The highest BCUT2D eigenvalue weighted by molar-refractivity contribution is 6.31. The Bertz CT molecular complexity index is 668. The molecule has 0 saturated carbocycles. The molecular weight excluding hydrogens is 279 g/mol. The van der Waals surface area contributed by atoms with Gasteiger partial charge < -0.3 is 5.11 Å². The zero-order valence-electron chi connectivity index (χ0n) is 11.4. The number of halogens is 2. The number of benzene rings is 1. The van der Waals surface area contributed by atoms with Crippen molar-refractivity contribution in [3.63, 3.8) is 0 Å². The summed E-state index contributed by atoms with van der Waals surface area (Å²) in [5.41, 5.74) is 0.962. The van der Waals surface area contributed by atoms with Gasteiger partial charge in [-0.15, -0.1) is 0 Å². The Hall–Kier alpha value is -1.39. The van der Waals surface area contributed by atoms with Crippen molar-refractivity contribution < 1.29 is 9.50 Å². The highest BCUT2D eigenvalue weighted by Crippen LogP contribution is 2.45. The van der Waals surface area contributed by atoms with Gasteiger partial charge in [0.25, 0.3) is 0 Å². The fraction of sp³-hybridized carbons (Fsp3) is 0.400. The van der Waals surface area contributed by atoms with Crippen LogP contribution >= 0.6 is 11.6 Å². The summed E-state index contributed by atoms with van der Waals surface area (Å²) in [6, 6.07) is 4.59. The highest BCUT2D eigenvalue weighted by atomic mass is 35.5. The summed E-state index contributed by atoms with van der Waals surface area (Å²) in [6.07, 6.45) is 2.67. The third kappa shape index (κ3) is 1.86. The number of rotatable bonds is 2. The first-order chi connectivity index (χ1) is 9.43. The first-order valence-electron chi connectivity index (χ1n) is 6.68. The van der Waals surface area contributed by atoms with Crippen molar-refractivity contribution in [1.82, 2.24) is 9.78 Å². The molecule has 5 heteroatoms. The average molecular weight is 295 g/mol. The van der Waals surface area contributed by atoms with Gasteiger partial charge in [-0.25, -0.2) is 4.39 Å². The molecule has 0 aliphatic heterocycles. The lowest BCUT2D eigenvalue weighted by atomic mass is 9.92. The van der Waals surface area contributed by atoms with E-state index in [4.69, 9.17) is 11.6 Å². The summed E-state index contributed by atoms with van der Waals surface area (Å²) in [6.45, 7) is 3.97. The Balaban J connectivity index is 2.19. The van der Waals surface area contributed by atoms with Crippen molar-refractivity contribution in [3.8, 4) is 0 Å². The topological polar surface area (TPSA) is 38.0 Å². The smallest absolute Gasteiger partial charge is 0.133 e. The molecular formula is C15H16ClFN2O. The molecule has 1 aromatic carbocycles. The molecule has 0 spiro atoms. The molecule has 1 N–H and O–H groups in total. The predicted molar refractivity (Wildman–Crippen MR) is 75.3 cm³/mol. The fourth-order valence-corrected chi connectivity index (χ4v) is 3.28. The summed E-state index contributed by atoms with van der Waals surface area (Å²) >= 11 is 6.24. The molecule has 1 atom stereocenters. The highest BCUT2D eigenvalue weighted by Gasteiger charge is 2.43. The zero-order chi connectivity index (χ0) is 14.5. The van der Waals surface area contributed by atoms with Crippen LogP contribution in [0.5, 0.6) is 0 Å². The van der Waals surface area contributed by atoms with Gasteiger partial charge in [-0.1, -0.05) is 17.7 Å². The van der Waals surface area contributed by atoms with Crippen LogP contribution in [0.4, 0.5) is 4.39 Å². The van der Waals surface area contributed by atoms with E-state index in [0.717, 1.165) is 11.1 Å². The number of nitrogens with zero attached hydrogens (tertiary/aromatic N) is 2. The van der Waals surface area contributed by atoms with E-state index >= 15 is 0 Å². The van der Waals surface area contributed by atoms with Crippen LogP contribution in [-0.2, 0) is 12.0 Å². The Labute approximate surface area is 122 Å². The van der Waals surface area contributed by atoms with Gasteiger partial charge in [-0.2, -0.15) is 5.10 Å². The van der Waals surface area contributed by atoms with Crippen molar-refractivity contribution in [2.45, 2.75) is 38.3 Å². The van der Waals surface area contributed by atoms with Crippen LogP contribution in [0.2, 0.25) is 5.02 Å². The Kier molecular flexibility index (Phi) is 3.10. The van der Waals surface area contributed by atoms with E-state index in [1.807, 2.05) is 13.8 Å². The summed E-state index contributed by atoms with van der Waals surface area (Å²) in [5.74, 6) is -0.281. The Morgan fingerprint density at radius 1 is 1.45 bits per heavy atom. The third-order valence-corrected chi connectivity index (χ3v) is 4.18. The summed E-state index contributed by atoms with van der Waals surface area (Å²) < 4.78 is 15.1. The molecule has 0 saturated heterocycles. The van der Waals surface area contributed by atoms with E-state index in [1.165, 1.54) is 12.1 Å². The van der Waals surface area contributed by atoms with Crippen molar-refractivity contribution in [1.29, 1.82) is 0 Å². The fourth-order valence-electron chi connectivity index (χ4n) is 2.99. The SMILES string of the molecule is CC(C)n1ncc(Cl)c1C1(O)CCc2cc(F)ccc21. The summed E-state index contributed by atoms with van der Waals surface area (Å²) in [7, 11) is 0. The minimum atomic E-state index is -1.19. The van der Waals surface area contributed by atoms with E-state index in [0.29, 0.717) is 23.6 Å². The molecule has 0 fully saturated rings. The lowest BCUT2D eigenvalue weighted by Gasteiger charge is -2.27. The molecule has 0 radical (unpaired) electrons. The van der Waals surface area contributed by atoms with E-state index in [2.05, 4.69) is 5.10 Å². The molecule has 1 aromatic heterocycles. The van der Waals surface area contributed by atoms with Gasteiger partial charge >= 0.3 is 0 Å². The van der Waals surface area contributed by atoms with Gasteiger partial charge in [0.2, 0.25) is 0 Å². The van der Waals surface area contributed by atoms with Crippen LogP contribution in [-0.4, -0.2) is 14.9 Å². The van der Waals surface area contributed by atoms with E-state index < -0.39 is 5.60 Å². The molecule has 1 unspecified atom stereocenters. The quantitative estimate of drug-likeness (QED) is 0.921. The number of aliphatic hydroxyl groups is 1. The van der Waals surface area contributed by atoms with Gasteiger partial charge in [0, 0.05) is 6.04 Å². The molecule has 106 valence electrons. The largest absolute Gasteiger partial charge is 0.379 e. The Morgan fingerprint density at radius 2 is 2.20 bits per heavy atom. The lowest BCUT2D eigenvalue weighted by Crippen LogP contribution is -2.29. The normalized spacial score (nSPS) is 21.5. The van der Waals surface area contributed by atoms with Crippen molar-refractivity contribution in [2.75, 3.05) is 0 Å². The molecule has 2 aromatic rings. The first-order valence-corrected chi connectivity index (χ1v) is 7.06. The monoisotopic (exact) mass is 294 g/mol. The average Bonchev–Trinajstić information content (AvgIpc) is 2.92. The molecule has 0 amide bonds. The van der Waals surface area contributed by atoms with E-state index in [1.54, 1.807) is 16.9 Å². The van der Waals surface area contributed by atoms with Crippen molar-refractivity contribution >= 4 is 11.6 Å². The van der Waals surface area contributed by atoms with Crippen molar-refractivity contribution in [3.05, 3.63) is 52.1 Å². The minimum absolute atomic E-state index is 0.0889. The maximum Gasteiger partial charge on any atom is 0.133 e. The molecule has 1 aliphatic rings. The molecule has 3 nitrogen and oxygen atoms in total. The molecule has 1 heterocycles. The van der Waals surface area contributed by atoms with Crippen LogP contribution in [0.3, 0.4) is 0 Å². The Morgan fingerprint density at radius 3 is 2.90 bits per heavy atom. The van der Waals surface area contributed by atoms with Crippen LogP contribution in [0.15, 0.2) is 24.4 Å². The van der Waals surface area contributed by atoms with Crippen LogP contribution in [0.1, 0.15) is 43.1 Å². The molecule has 1 aliphatic carbocycles. The second kappa shape index (κ2) is 4.57. The summed E-state index contributed by atoms with van der Waals surface area (Å²) in [5, 5.41) is 15.8. The molecule has 20 heavy (non-hydrogen) atoms. The molecule has 0 bridgehead atoms. The number of aryl methyl sites for hydroxylation is 1. The lowest BCUT2D eigenvalue weighted by molar-refractivity contribution is 0.0715.